The number of benzene rings is 1. The molecule has 8 heteroatoms. The van der Waals surface area contributed by atoms with Gasteiger partial charge in [-0.15, -0.1) is 0 Å². The number of guanidine groups is 2. The molecule has 0 bridgehead atoms. The molecule has 1 aliphatic heterocycles. The van der Waals surface area contributed by atoms with Crippen molar-refractivity contribution in [3.63, 3.8) is 0 Å². The molecule has 0 atom stereocenters. The van der Waals surface area contributed by atoms with Crippen molar-refractivity contribution in [3.8, 4) is 6.07 Å². The Kier molecular flexibility index (Phi) is 4.09. The molecular weight excluding hydrogens is 335 g/mol. The van der Waals surface area contributed by atoms with Crippen LogP contribution < -0.4 is 16.4 Å². The molecule has 1 fully saturated rings. The molecule has 23 heavy (non-hydrogen) atoms. The Morgan fingerprint density at radius 3 is 2.43 bits per heavy atom. The van der Waals surface area contributed by atoms with Crippen molar-refractivity contribution in [1.82, 2.24) is 0 Å². The van der Waals surface area contributed by atoms with Gasteiger partial charge in [-0.3, -0.25) is 4.90 Å². The average Bonchev–Trinajstić information content (AvgIpc) is 2.50. The van der Waals surface area contributed by atoms with Crippen LogP contribution in [0, 0.1) is 11.3 Å². The maximum atomic E-state index is 9.47. The molecule has 0 aromatic heterocycles. The van der Waals surface area contributed by atoms with E-state index < -0.39 is 5.66 Å². The minimum Gasteiger partial charge on any atom is -0.369 e. The highest BCUT2D eigenvalue weighted by atomic mass is 35.5. The van der Waals surface area contributed by atoms with E-state index in [1.165, 1.54) is 6.07 Å². The third kappa shape index (κ3) is 2.71. The van der Waals surface area contributed by atoms with Crippen LogP contribution >= 0.6 is 23.2 Å². The van der Waals surface area contributed by atoms with Crippen molar-refractivity contribution >= 4 is 40.8 Å². The minimum atomic E-state index is -0.614. The van der Waals surface area contributed by atoms with E-state index in [9.17, 15) is 5.26 Å². The first kappa shape index (κ1) is 15.9. The first-order chi connectivity index (χ1) is 11.0. The maximum Gasteiger partial charge on any atom is 0.220 e. The molecule has 0 amide bonds. The van der Waals surface area contributed by atoms with E-state index in [0.29, 0.717) is 21.3 Å². The molecular formula is C15H16Cl2N6. The molecule has 6 nitrogen and oxygen atoms in total. The lowest BCUT2D eigenvalue weighted by molar-refractivity contribution is 0.305. The molecule has 3 rings (SSSR count). The quantitative estimate of drug-likeness (QED) is 0.812. The lowest BCUT2D eigenvalue weighted by Crippen LogP contribution is -2.58. The lowest BCUT2D eigenvalue weighted by atomic mass is 9.87. The van der Waals surface area contributed by atoms with Gasteiger partial charge >= 0.3 is 0 Å². The first-order valence-corrected chi connectivity index (χ1v) is 8.11. The monoisotopic (exact) mass is 350 g/mol. The van der Waals surface area contributed by atoms with E-state index in [1.54, 1.807) is 11.0 Å². The van der Waals surface area contributed by atoms with Gasteiger partial charge in [0.2, 0.25) is 11.9 Å². The summed E-state index contributed by atoms with van der Waals surface area (Å²) in [6.07, 6.45) is 4.71. The average molecular weight is 351 g/mol. The Balaban J connectivity index is 2.18. The smallest absolute Gasteiger partial charge is 0.220 e. The molecule has 0 radical (unpaired) electrons. The van der Waals surface area contributed by atoms with Crippen LogP contribution in [0.25, 0.3) is 0 Å². The van der Waals surface area contributed by atoms with Crippen LogP contribution in [0.4, 0.5) is 5.69 Å². The fourth-order valence-corrected chi connectivity index (χ4v) is 3.60. The highest BCUT2D eigenvalue weighted by Crippen LogP contribution is 2.42. The van der Waals surface area contributed by atoms with Crippen LogP contribution in [0.3, 0.4) is 0 Å². The van der Waals surface area contributed by atoms with Crippen molar-refractivity contribution < 1.29 is 0 Å². The van der Waals surface area contributed by atoms with Crippen LogP contribution in [0.15, 0.2) is 22.1 Å². The van der Waals surface area contributed by atoms with E-state index in [2.05, 4.69) is 16.1 Å². The summed E-state index contributed by atoms with van der Waals surface area (Å²) in [5.74, 6) is 0.383. The fraction of sp³-hybridized carbons (Fsp3) is 0.400. The van der Waals surface area contributed by atoms with Crippen molar-refractivity contribution in [1.29, 1.82) is 5.26 Å². The summed E-state index contributed by atoms with van der Waals surface area (Å²) in [7, 11) is 0. The Hall–Kier alpha value is -1.97. The molecule has 120 valence electrons. The van der Waals surface area contributed by atoms with Crippen LogP contribution in [-0.2, 0) is 0 Å². The Bertz CT molecular complexity index is 743. The topological polar surface area (TPSA) is 104 Å². The number of aliphatic imine (C=N–C) groups is 2. The zero-order chi connectivity index (χ0) is 16.6. The normalized spacial score (nSPS) is 20.0. The van der Waals surface area contributed by atoms with Crippen molar-refractivity contribution in [3.05, 3.63) is 27.7 Å². The molecule has 1 spiro atoms. The molecule has 2 aliphatic rings. The summed E-state index contributed by atoms with van der Waals surface area (Å²) in [4.78, 5) is 10.4. The minimum absolute atomic E-state index is 0.166. The molecule has 1 aromatic rings. The molecule has 1 aromatic carbocycles. The summed E-state index contributed by atoms with van der Waals surface area (Å²) in [6, 6.07) is 5.31. The largest absolute Gasteiger partial charge is 0.369 e. The SMILES string of the molecule is N#Cc1cc(Cl)c(Cl)cc1N1C(N)=NC(N)=NC12CCCCC2. The highest BCUT2D eigenvalue weighted by Gasteiger charge is 2.43. The first-order valence-electron chi connectivity index (χ1n) is 7.36. The second-order valence-corrected chi connectivity index (χ2v) is 6.53. The number of hydrogen-bond donors (Lipinski definition) is 2. The van der Waals surface area contributed by atoms with Gasteiger partial charge < -0.3 is 11.5 Å². The summed E-state index contributed by atoms with van der Waals surface area (Å²) in [5, 5.41) is 10.1. The summed E-state index contributed by atoms with van der Waals surface area (Å²) in [5.41, 5.74) is 12.3. The standard InChI is InChI=1S/C15H16Cl2N6/c16-10-6-9(8-18)12(7-11(10)17)23-14(20)21-13(19)22-15(23)4-2-1-3-5-15/h6-7H,1-5H2,(H4,19,20,21,22). The number of hydrogen-bond acceptors (Lipinski definition) is 6. The number of rotatable bonds is 1. The number of nitriles is 1. The van der Waals surface area contributed by atoms with Gasteiger partial charge in [-0.25, -0.2) is 4.99 Å². The second kappa shape index (κ2) is 5.91. The van der Waals surface area contributed by atoms with Gasteiger partial charge in [0.1, 0.15) is 11.7 Å². The van der Waals surface area contributed by atoms with E-state index in [4.69, 9.17) is 34.7 Å². The maximum absolute atomic E-state index is 9.47. The molecule has 1 aliphatic carbocycles. The van der Waals surface area contributed by atoms with Crippen molar-refractivity contribution in [2.75, 3.05) is 4.90 Å². The van der Waals surface area contributed by atoms with Crippen LogP contribution in [0.1, 0.15) is 37.7 Å². The molecule has 1 saturated carbocycles. The Morgan fingerprint density at radius 1 is 1.13 bits per heavy atom. The van der Waals surface area contributed by atoms with E-state index in [-0.39, 0.29) is 11.9 Å². The predicted octanol–water partition coefficient (Wildman–Crippen LogP) is 2.97. The summed E-state index contributed by atoms with van der Waals surface area (Å²) >= 11 is 12.2. The number of halogens is 2. The highest BCUT2D eigenvalue weighted by molar-refractivity contribution is 6.42. The van der Waals surface area contributed by atoms with Gasteiger partial charge in [0.05, 0.1) is 21.3 Å². The summed E-state index contributed by atoms with van der Waals surface area (Å²) < 4.78 is 0. The number of nitrogens with zero attached hydrogens (tertiary/aromatic N) is 4. The fourth-order valence-electron chi connectivity index (χ4n) is 3.28. The lowest BCUT2D eigenvalue weighted by Gasteiger charge is -2.45. The van der Waals surface area contributed by atoms with Gasteiger partial charge in [0, 0.05) is 0 Å². The third-order valence-corrected chi connectivity index (χ3v) is 4.97. The third-order valence-electron chi connectivity index (χ3n) is 4.25. The van der Waals surface area contributed by atoms with Gasteiger partial charge in [-0.05, 0) is 37.8 Å². The van der Waals surface area contributed by atoms with Gasteiger partial charge in [-0.1, -0.05) is 29.6 Å². The second-order valence-electron chi connectivity index (χ2n) is 5.71. The molecule has 4 N–H and O–H groups in total. The van der Waals surface area contributed by atoms with Crippen LogP contribution in [0.2, 0.25) is 10.0 Å². The molecule has 0 saturated heterocycles. The van der Waals surface area contributed by atoms with E-state index >= 15 is 0 Å². The van der Waals surface area contributed by atoms with E-state index in [0.717, 1.165) is 32.1 Å². The zero-order valence-corrected chi connectivity index (χ0v) is 13.9. The van der Waals surface area contributed by atoms with Crippen molar-refractivity contribution in [2.24, 2.45) is 21.5 Å². The summed E-state index contributed by atoms with van der Waals surface area (Å²) in [6.45, 7) is 0. The van der Waals surface area contributed by atoms with E-state index in [1.807, 2.05) is 0 Å². The zero-order valence-electron chi connectivity index (χ0n) is 12.4. The number of anilines is 1. The molecule has 1 heterocycles. The van der Waals surface area contributed by atoms with Crippen LogP contribution in [-0.4, -0.2) is 17.6 Å². The molecule has 0 unspecified atom stereocenters. The Labute approximate surface area is 144 Å². The van der Waals surface area contributed by atoms with Crippen molar-refractivity contribution in [2.45, 2.75) is 37.8 Å². The van der Waals surface area contributed by atoms with Gasteiger partial charge in [0.15, 0.2) is 0 Å². The van der Waals surface area contributed by atoms with Gasteiger partial charge in [0.25, 0.3) is 0 Å². The predicted molar refractivity (Wildman–Crippen MR) is 92.7 cm³/mol. The van der Waals surface area contributed by atoms with Gasteiger partial charge in [-0.2, -0.15) is 10.3 Å². The van der Waals surface area contributed by atoms with Crippen LogP contribution in [0.5, 0.6) is 0 Å². The number of nitrogens with two attached hydrogens (primary N) is 2. The Morgan fingerprint density at radius 2 is 1.78 bits per heavy atom.